The number of hydrogen-bond acceptors (Lipinski definition) is 3. The van der Waals surface area contributed by atoms with Crippen LogP contribution in [0.2, 0.25) is 0 Å². The second kappa shape index (κ2) is 5.08. The minimum Gasteiger partial charge on any atom is -0.478 e. The molecule has 0 saturated carbocycles. The van der Waals surface area contributed by atoms with Gasteiger partial charge in [0.15, 0.2) is 5.65 Å². The van der Waals surface area contributed by atoms with Crippen LogP contribution in [-0.4, -0.2) is 21.6 Å². The summed E-state index contributed by atoms with van der Waals surface area (Å²) in [6.07, 6.45) is 0. The maximum atomic E-state index is 13.7. The first kappa shape index (κ1) is 13.4. The summed E-state index contributed by atoms with van der Waals surface area (Å²) in [5.41, 5.74) is 0.336. The monoisotopic (exact) mass is 293 g/mol. The van der Waals surface area contributed by atoms with Gasteiger partial charge in [0.2, 0.25) is 5.88 Å². The van der Waals surface area contributed by atoms with Crippen LogP contribution in [0.4, 0.5) is 13.2 Å². The van der Waals surface area contributed by atoms with Gasteiger partial charge in [-0.3, -0.25) is 0 Å². The van der Waals surface area contributed by atoms with Crippen LogP contribution >= 0.6 is 0 Å². The van der Waals surface area contributed by atoms with Crippen molar-refractivity contribution in [2.75, 3.05) is 6.61 Å². The van der Waals surface area contributed by atoms with Gasteiger partial charge in [0.1, 0.15) is 23.3 Å². The van der Waals surface area contributed by atoms with Gasteiger partial charge in [-0.2, -0.15) is 4.98 Å². The number of pyridine rings is 1. The molecule has 1 N–H and O–H groups in total. The van der Waals surface area contributed by atoms with Gasteiger partial charge in [0, 0.05) is 18.2 Å². The molecule has 0 amide bonds. The second-order valence-electron chi connectivity index (χ2n) is 4.28. The first-order valence-corrected chi connectivity index (χ1v) is 6.23. The molecule has 0 atom stereocenters. The summed E-state index contributed by atoms with van der Waals surface area (Å²) in [6.45, 7) is 2.25. The molecule has 0 fully saturated rings. The number of H-pyrrole nitrogens is 1. The SMILES string of the molecule is CCOc1ccc2[nH]c(-c3c(F)cc(F)cc3F)nc2n1. The van der Waals surface area contributed by atoms with E-state index in [1.54, 1.807) is 12.1 Å². The zero-order valence-electron chi connectivity index (χ0n) is 11.0. The lowest BCUT2D eigenvalue weighted by Gasteiger charge is -2.01. The third kappa shape index (κ3) is 2.42. The number of imidazole rings is 1. The Morgan fingerprint density at radius 2 is 1.81 bits per heavy atom. The van der Waals surface area contributed by atoms with E-state index in [2.05, 4.69) is 15.0 Å². The minimum atomic E-state index is -1.03. The Labute approximate surface area is 117 Å². The maximum absolute atomic E-state index is 13.7. The van der Waals surface area contributed by atoms with Crippen LogP contribution in [-0.2, 0) is 0 Å². The first-order valence-electron chi connectivity index (χ1n) is 6.23. The van der Waals surface area contributed by atoms with Gasteiger partial charge in [0.25, 0.3) is 0 Å². The Morgan fingerprint density at radius 1 is 1.10 bits per heavy atom. The Bertz CT molecular complexity index is 793. The van der Waals surface area contributed by atoms with Crippen molar-refractivity contribution in [1.82, 2.24) is 15.0 Å². The predicted octanol–water partition coefficient (Wildman–Crippen LogP) is 3.44. The molecule has 1 aromatic carbocycles. The molecule has 0 bridgehead atoms. The molecule has 3 aromatic rings. The van der Waals surface area contributed by atoms with Crippen molar-refractivity contribution in [1.29, 1.82) is 0 Å². The Kier molecular flexibility index (Phi) is 3.25. The van der Waals surface area contributed by atoms with Crippen LogP contribution in [0.5, 0.6) is 5.88 Å². The highest BCUT2D eigenvalue weighted by atomic mass is 19.1. The standard InChI is InChI=1S/C14H10F3N3O/c1-2-21-11-4-3-10-13(19-11)20-14(18-10)12-8(16)5-7(15)6-9(12)17/h3-6H,2H2,1H3,(H,18,19,20). The largest absolute Gasteiger partial charge is 0.478 e. The highest BCUT2D eigenvalue weighted by Crippen LogP contribution is 2.26. The van der Waals surface area contributed by atoms with Crippen molar-refractivity contribution in [3.05, 3.63) is 41.7 Å². The van der Waals surface area contributed by atoms with Gasteiger partial charge < -0.3 is 9.72 Å². The van der Waals surface area contributed by atoms with Crippen LogP contribution < -0.4 is 4.74 Å². The molecular weight excluding hydrogens is 283 g/mol. The number of rotatable bonds is 3. The molecule has 0 aliphatic heterocycles. The lowest BCUT2D eigenvalue weighted by molar-refractivity contribution is 0.328. The Hall–Kier alpha value is -2.57. The van der Waals surface area contributed by atoms with Gasteiger partial charge >= 0.3 is 0 Å². The average molecular weight is 293 g/mol. The Morgan fingerprint density at radius 3 is 2.48 bits per heavy atom. The molecule has 4 nitrogen and oxygen atoms in total. The van der Waals surface area contributed by atoms with Gasteiger partial charge in [-0.15, -0.1) is 0 Å². The molecule has 21 heavy (non-hydrogen) atoms. The zero-order valence-corrected chi connectivity index (χ0v) is 11.0. The van der Waals surface area contributed by atoms with Crippen LogP contribution in [0.3, 0.4) is 0 Å². The van der Waals surface area contributed by atoms with E-state index in [1.807, 2.05) is 6.92 Å². The summed E-state index contributed by atoms with van der Waals surface area (Å²) in [5.74, 6) is -2.74. The molecule has 0 radical (unpaired) electrons. The fraction of sp³-hybridized carbons (Fsp3) is 0.143. The van der Waals surface area contributed by atoms with Crippen molar-refractivity contribution < 1.29 is 17.9 Å². The van der Waals surface area contributed by atoms with Gasteiger partial charge in [-0.05, 0) is 13.0 Å². The fourth-order valence-corrected chi connectivity index (χ4v) is 1.99. The van der Waals surface area contributed by atoms with Crippen molar-refractivity contribution >= 4 is 11.2 Å². The molecule has 108 valence electrons. The van der Waals surface area contributed by atoms with E-state index in [4.69, 9.17) is 4.74 Å². The molecule has 0 aliphatic rings. The molecule has 0 unspecified atom stereocenters. The summed E-state index contributed by atoms with van der Waals surface area (Å²) in [5, 5.41) is 0. The number of halogens is 3. The van der Waals surface area contributed by atoms with Crippen LogP contribution in [0.15, 0.2) is 24.3 Å². The summed E-state index contributed by atoms with van der Waals surface area (Å²) < 4.78 is 45.6. The molecule has 0 aliphatic carbocycles. The molecule has 2 heterocycles. The number of nitrogens with zero attached hydrogens (tertiary/aromatic N) is 2. The molecule has 0 saturated heterocycles. The van der Waals surface area contributed by atoms with Crippen molar-refractivity contribution in [2.45, 2.75) is 6.92 Å². The first-order chi connectivity index (χ1) is 10.1. The van der Waals surface area contributed by atoms with Crippen molar-refractivity contribution in [2.24, 2.45) is 0 Å². The minimum absolute atomic E-state index is 0.0545. The third-order valence-electron chi connectivity index (χ3n) is 2.86. The topological polar surface area (TPSA) is 50.8 Å². The van der Waals surface area contributed by atoms with Crippen LogP contribution in [0, 0.1) is 17.5 Å². The molecule has 3 rings (SSSR count). The van der Waals surface area contributed by atoms with E-state index in [0.29, 0.717) is 30.1 Å². The lowest BCUT2D eigenvalue weighted by Crippen LogP contribution is -1.94. The van der Waals surface area contributed by atoms with Crippen LogP contribution in [0.1, 0.15) is 6.92 Å². The predicted molar refractivity (Wildman–Crippen MR) is 70.4 cm³/mol. The highest BCUT2D eigenvalue weighted by Gasteiger charge is 2.17. The zero-order chi connectivity index (χ0) is 15.0. The maximum Gasteiger partial charge on any atom is 0.215 e. The van der Waals surface area contributed by atoms with E-state index in [9.17, 15) is 13.2 Å². The number of benzene rings is 1. The normalized spacial score (nSPS) is 11.0. The van der Waals surface area contributed by atoms with E-state index in [0.717, 1.165) is 0 Å². The Balaban J connectivity index is 2.13. The number of ether oxygens (including phenoxy) is 1. The van der Waals surface area contributed by atoms with E-state index < -0.39 is 23.0 Å². The number of hydrogen-bond donors (Lipinski definition) is 1. The third-order valence-corrected chi connectivity index (χ3v) is 2.86. The summed E-state index contributed by atoms with van der Waals surface area (Å²) >= 11 is 0. The van der Waals surface area contributed by atoms with Gasteiger partial charge in [-0.1, -0.05) is 0 Å². The fourth-order valence-electron chi connectivity index (χ4n) is 1.99. The summed E-state index contributed by atoms with van der Waals surface area (Å²) in [6, 6.07) is 4.46. The number of aromatic amines is 1. The number of fused-ring (bicyclic) bond motifs is 1. The number of nitrogens with one attached hydrogen (secondary N) is 1. The van der Waals surface area contributed by atoms with Gasteiger partial charge in [-0.25, -0.2) is 18.2 Å². The number of aromatic nitrogens is 3. The second-order valence-corrected chi connectivity index (χ2v) is 4.28. The van der Waals surface area contributed by atoms with Crippen molar-refractivity contribution in [3.63, 3.8) is 0 Å². The summed E-state index contributed by atoms with van der Waals surface area (Å²) in [4.78, 5) is 10.9. The quantitative estimate of drug-likeness (QED) is 0.804. The van der Waals surface area contributed by atoms with Crippen LogP contribution in [0.25, 0.3) is 22.6 Å². The van der Waals surface area contributed by atoms with Crippen molar-refractivity contribution in [3.8, 4) is 17.3 Å². The van der Waals surface area contributed by atoms with E-state index in [1.165, 1.54) is 0 Å². The van der Waals surface area contributed by atoms with E-state index in [-0.39, 0.29) is 11.5 Å². The lowest BCUT2D eigenvalue weighted by atomic mass is 10.2. The highest BCUT2D eigenvalue weighted by molar-refractivity contribution is 5.76. The molecule has 7 heteroatoms. The smallest absolute Gasteiger partial charge is 0.215 e. The molecular formula is C14H10F3N3O. The summed E-state index contributed by atoms with van der Waals surface area (Å²) in [7, 11) is 0. The molecule has 0 spiro atoms. The van der Waals surface area contributed by atoms with E-state index >= 15 is 0 Å². The molecule has 2 aromatic heterocycles. The average Bonchev–Trinajstić information content (AvgIpc) is 2.80. The van der Waals surface area contributed by atoms with Gasteiger partial charge in [0.05, 0.1) is 17.7 Å².